The first-order valence-corrected chi connectivity index (χ1v) is 7.84. The number of hydrogen-bond donors (Lipinski definition) is 1. The summed E-state index contributed by atoms with van der Waals surface area (Å²) in [5.41, 5.74) is 1.03. The van der Waals surface area contributed by atoms with E-state index in [-0.39, 0.29) is 5.82 Å². The Labute approximate surface area is 122 Å². The third-order valence-electron chi connectivity index (χ3n) is 3.75. The van der Waals surface area contributed by atoms with E-state index in [2.05, 4.69) is 24.2 Å². The summed E-state index contributed by atoms with van der Waals surface area (Å²) in [4.78, 5) is 4.60. The second-order valence-corrected chi connectivity index (χ2v) is 6.24. The van der Waals surface area contributed by atoms with Gasteiger partial charge >= 0.3 is 0 Å². The predicted octanol–water partition coefficient (Wildman–Crippen LogP) is 4.80. The molecule has 2 rings (SSSR count). The number of benzene rings is 1. The van der Waals surface area contributed by atoms with Crippen LogP contribution in [0.3, 0.4) is 0 Å². The zero-order valence-electron chi connectivity index (χ0n) is 11.2. The first kappa shape index (κ1) is 14.7. The van der Waals surface area contributed by atoms with Gasteiger partial charge in [0.25, 0.3) is 0 Å². The van der Waals surface area contributed by atoms with Crippen molar-refractivity contribution >= 4 is 34.2 Å². The molecule has 1 aromatic rings. The molecule has 0 aromatic heterocycles. The molecular formula is C14H18ClFN2S. The maximum atomic E-state index is 13.0. The smallest absolute Gasteiger partial charge is 0.161 e. The lowest BCUT2D eigenvalue weighted by Crippen LogP contribution is -2.32. The molecular weight excluding hydrogens is 283 g/mol. The lowest BCUT2D eigenvalue weighted by molar-refractivity contribution is 0.318. The SMILES string of the molecule is CCC1(CC)CN=C(Nc2ccc(F)cc2Cl)SC1. The Kier molecular flexibility index (Phi) is 4.74. The summed E-state index contributed by atoms with van der Waals surface area (Å²) < 4.78 is 13.0. The van der Waals surface area contributed by atoms with E-state index >= 15 is 0 Å². The van der Waals surface area contributed by atoms with Crippen LogP contribution in [0.5, 0.6) is 0 Å². The van der Waals surface area contributed by atoms with E-state index in [9.17, 15) is 4.39 Å². The van der Waals surface area contributed by atoms with Gasteiger partial charge in [0.05, 0.1) is 10.7 Å². The molecule has 0 amide bonds. The molecule has 0 atom stereocenters. The maximum absolute atomic E-state index is 13.0. The van der Waals surface area contributed by atoms with Crippen LogP contribution in [0.4, 0.5) is 10.1 Å². The Morgan fingerprint density at radius 3 is 2.68 bits per heavy atom. The molecule has 104 valence electrons. The Morgan fingerprint density at radius 1 is 1.42 bits per heavy atom. The fourth-order valence-corrected chi connectivity index (χ4v) is 3.51. The summed E-state index contributed by atoms with van der Waals surface area (Å²) in [6, 6.07) is 4.34. The van der Waals surface area contributed by atoms with Gasteiger partial charge in [0.2, 0.25) is 0 Å². The minimum Gasteiger partial charge on any atom is -0.334 e. The van der Waals surface area contributed by atoms with Crippen molar-refractivity contribution in [1.29, 1.82) is 0 Å². The van der Waals surface area contributed by atoms with Gasteiger partial charge in [-0.3, -0.25) is 4.99 Å². The van der Waals surface area contributed by atoms with Crippen molar-refractivity contribution < 1.29 is 4.39 Å². The van der Waals surface area contributed by atoms with E-state index in [1.54, 1.807) is 17.8 Å². The standard InChI is InChI=1S/C14H18ClFN2S/c1-3-14(4-2)8-17-13(19-9-14)18-12-6-5-10(16)7-11(12)15/h5-7H,3-4,8-9H2,1-2H3,(H,17,18). The van der Waals surface area contributed by atoms with Crippen molar-refractivity contribution in [2.45, 2.75) is 26.7 Å². The summed E-state index contributed by atoms with van der Waals surface area (Å²) in [5.74, 6) is 0.731. The van der Waals surface area contributed by atoms with Crippen LogP contribution in [0, 0.1) is 11.2 Å². The number of aliphatic imine (C=N–C) groups is 1. The first-order valence-electron chi connectivity index (χ1n) is 6.48. The van der Waals surface area contributed by atoms with Crippen molar-refractivity contribution in [3.8, 4) is 0 Å². The van der Waals surface area contributed by atoms with E-state index in [0.29, 0.717) is 16.1 Å². The monoisotopic (exact) mass is 300 g/mol. The van der Waals surface area contributed by atoms with Crippen LogP contribution in [-0.2, 0) is 0 Å². The van der Waals surface area contributed by atoms with E-state index in [4.69, 9.17) is 11.6 Å². The van der Waals surface area contributed by atoms with Gasteiger partial charge in [-0.2, -0.15) is 0 Å². The van der Waals surface area contributed by atoms with Crippen LogP contribution in [0.25, 0.3) is 0 Å². The topological polar surface area (TPSA) is 24.4 Å². The number of nitrogens with one attached hydrogen (secondary N) is 1. The highest BCUT2D eigenvalue weighted by Crippen LogP contribution is 2.36. The molecule has 1 heterocycles. The highest BCUT2D eigenvalue weighted by molar-refractivity contribution is 8.14. The van der Waals surface area contributed by atoms with E-state index in [0.717, 1.165) is 30.3 Å². The number of rotatable bonds is 3. The average molecular weight is 301 g/mol. The molecule has 2 nitrogen and oxygen atoms in total. The normalized spacial score (nSPS) is 18.0. The van der Waals surface area contributed by atoms with Crippen molar-refractivity contribution in [2.75, 3.05) is 17.6 Å². The van der Waals surface area contributed by atoms with Crippen LogP contribution >= 0.6 is 23.4 Å². The molecule has 0 radical (unpaired) electrons. The fraction of sp³-hybridized carbons (Fsp3) is 0.500. The van der Waals surface area contributed by atoms with Crippen LogP contribution in [0.1, 0.15) is 26.7 Å². The minimum atomic E-state index is -0.329. The van der Waals surface area contributed by atoms with Gasteiger partial charge in [0.1, 0.15) is 5.82 Å². The predicted molar refractivity (Wildman–Crippen MR) is 82.8 cm³/mol. The maximum Gasteiger partial charge on any atom is 0.161 e. The van der Waals surface area contributed by atoms with Gasteiger partial charge in [-0.1, -0.05) is 37.2 Å². The van der Waals surface area contributed by atoms with Gasteiger partial charge < -0.3 is 5.32 Å². The number of nitrogens with zero attached hydrogens (tertiary/aromatic N) is 1. The zero-order chi connectivity index (χ0) is 13.9. The molecule has 0 unspecified atom stereocenters. The molecule has 1 N–H and O–H groups in total. The Hall–Kier alpha value is -0.740. The van der Waals surface area contributed by atoms with Crippen molar-refractivity contribution in [3.05, 3.63) is 29.0 Å². The van der Waals surface area contributed by atoms with E-state index < -0.39 is 0 Å². The molecule has 1 aliphatic rings. The summed E-state index contributed by atoms with van der Waals surface area (Å²) >= 11 is 7.71. The summed E-state index contributed by atoms with van der Waals surface area (Å²) in [6.45, 7) is 5.28. The third kappa shape index (κ3) is 3.42. The molecule has 0 saturated carbocycles. The lowest BCUT2D eigenvalue weighted by Gasteiger charge is -2.33. The van der Waals surface area contributed by atoms with Gasteiger partial charge in [-0.05, 0) is 36.5 Å². The number of halogens is 2. The van der Waals surface area contributed by atoms with Gasteiger partial charge in [0, 0.05) is 12.3 Å². The van der Waals surface area contributed by atoms with Gasteiger partial charge in [-0.15, -0.1) is 0 Å². The molecule has 19 heavy (non-hydrogen) atoms. The van der Waals surface area contributed by atoms with E-state index in [1.807, 2.05) is 0 Å². The molecule has 1 aromatic carbocycles. The molecule has 0 aliphatic carbocycles. The third-order valence-corrected chi connectivity index (χ3v) is 5.32. The fourth-order valence-electron chi connectivity index (χ4n) is 2.01. The largest absolute Gasteiger partial charge is 0.334 e. The zero-order valence-corrected chi connectivity index (χ0v) is 12.7. The van der Waals surface area contributed by atoms with Gasteiger partial charge in [-0.25, -0.2) is 4.39 Å². The summed E-state index contributed by atoms with van der Waals surface area (Å²) in [7, 11) is 0. The lowest BCUT2D eigenvalue weighted by atomic mass is 9.84. The summed E-state index contributed by atoms with van der Waals surface area (Å²) in [5, 5.41) is 4.42. The molecule has 0 fully saturated rings. The number of thioether (sulfide) groups is 1. The minimum absolute atomic E-state index is 0.322. The van der Waals surface area contributed by atoms with E-state index in [1.165, 1.54) is 12.1 Å². The van der Waals surface area contributed by atoms with Crippen LogP contribution in [0.2, 0.25) is 5.02 Å². The summed E-state index contributed by atoms with van der Waals surface area (Å²) in [6.07, 6.45) is 2.29. The second kappa shape index (κ2) is 6.14. The first-order chi connectivity index (χ1) is 9.08. The van der Waals surface area contributed by atoms with Crippen molar-refractivity contribution in [1.82, 2.24) is 0 Å². The Bertz CT molecular complexity index is 486. The quantitative estimate of drug-likeness (QED) is 0.867. The van der Waals surface area contributed by atoms with Crippen LogP contribution in [-0.4, -0.2) is 17.5 Å². The number of anilines is 1. The number of hydrogen-bond acceptors (Lipinski definition) is 3. The molecule has 0 spiro atoms. The molecule has 0 bridgehead atoms. The molecule has 0 saturated heterocycles. The van der Waals surface area contributed by atoms with Crippen molar-refractivity contribution in [3.63, 3.8) is 0 Å². The van der Waals surface area contributed by atoms with Crippen molar-refractivity contribution in [2.24, 2.45) is 10.4 Å². The van der Waals surface area contributed by atoms with Gasteiger partial charge in [0.15, 0.2) is 5.17 Å². The van der Waals surface area contributed by atoms with Crippen LogP contribution in [0.15, 0.2) is 23.2 Å². The second-order valence-electron chi connectivity index (χ2n) is 4.87. The Morgan fingerprint density at radius 2 is 2.16 bits per heavy atom. The molecule has 5 heteroatoms. The average Bonchev–Trinajstić information content (AvgIpc) is 2.43. The number of amidine groups is 1. The van der Waals surface area contributed by atoms with Crippen LogP contribution < -0.4 is 5.32 Å². The highest BCUT2D eigenvalue weighted by Gasteiger charge is 2.30. The highest BCUT2D eigenvalue weighted by atomic mass is 35.5. The Balaban J connectivity index is 2.07. The molecule has 1 aliphatic heterocycles.